The fourth-order valence-electron chi connectivity index (χ4n) is 1.43. The Hall–Kier alpha value is 0.540. The van der Waals surface area contributed by atoms with Gasteiger partial charge >= 0.3 is 0 Å². The number of hydrogen-bond donors (Lipinski definition) is 2. The molecule has 3 atom stereocenters. The van der Waals surface area contributed by atoms with E-state index in [2.05, 4.69) is 0 Å². The molecule has 0 heterocycles. The average Bonchev–Trinajstić information content (AvgIpc) is 2.34. The second-order valence-corrected chi connectivity index (χ2v) is 6.63. The molecule has 0 aromatic heterocycles. The van der Waals surface area contributed by atoms with Crippen molar-refractivity contribution >= 4 is 23.5 Å². The SMILES string of the molecule is CCSC(SCC)[C@H](O)[C@@H](O)[C@@H](COC)OC. The summed E-state index contributed by atoms with van der Waals surface area (Å²) in [6, 6.07) is 0. The molecule has 0 rings (SSSR count). The van der Waals surface area contributed by atoms with Crippen molar-refractivity contribution < 1.29 is 19.7 Å². The number of thioether (sulfide) groups is 2. The first-order valence-corrected chi connectivity index (χ1v) is 7.83. The van der Waals surface area contributed by atoms with Crippen LogP contribution in [-0.2, 0) is 9.47 Å². The molecule has 0 saturated carbocycles. The maximum Gasteiger partial charge on any atom is 0.110 e. The number of aliphatic hydroxyl groups is 2. The molecule has 17 heavy (non-hydrogen) atoms. The highest BCUT2D eigenvalue weighted by molar-refractivity contribution is 8.17. The van der Waals surface area contributed by atoms with E-state index < -0.39 is 18.3 Å². The van der Waals surface area contributed by atoms with Crippen molar-refractivity contribution in [3.8, 4) is 0 Å². The van der Waals surface area contributed by atoms with Crippen LogP contribution in [0.3, 0.4) is 0 Å². The molecule has 0 amide bonds. The van der Waals surface area contributed by atoms with E-state index in [0.717, 1.165) is 11.5 Å². The van der Waals surface area contributed by atoms with Gasteiger partial charge in [0.25, 0.3) is 0 Å². The molecule has 0 aromatic carbocycles. The number of hydrogen-bond acceptors (Lipinski definition) is 6. The number of rotatable bonds is 10. The first kappa shape index (κ1) is 17.5. The van der Waals surface area contributed by atoms with Crippen molar-refractivity contribution in [3.05, 3.63) is 0 Å². The normalized spacial score (nSPS) is 17.1. The minimum absolute atomic E-state index is 0.0329. The van der Waals surface area contributed by atoms with Gasteiger partial charge in [-0.1, -0.05) is 13.8 Å². The third-order valence-corrected chi connectivity index (χ3v) is 5.00. The molecular formula is C11H24O4S2. The van der Waals surface area contributed by atoms with Crippen LogP contribution in [0, 0.1) is 0 Å². The van der Waals surface area contributed by atoms with Crippen molar-refractivity contribution in [2.75, 3.05) is 32.3 Å². The number of ether oxygens (including phenoxy) is 2. The number of aliphatic hydroxyl groups excluding tert-OH is 2. The lowest BCUT2D eigenvalue weighted by Crippen LogP contribution is -2.45. The molecule has 0 radical (unpaired) electrons. The van der Waals surface area contributed by atoms with Gasteiger partial charge in [0, 0.05) is 14.2 Å². The summed E-state index contributed by atoms with van der Waals surface area (Å²) in [7, 11) is 3.05. The number of methoxy groups -OCH3 is 2. The van der Waals surface area contributed by atoms with Gasteiger partial charge in [0.05, 0.1) is 11.2 Å². The highest BCUT2D eigenvalue weighted by Crippen LogP contribution is 2.29. The van der Waals surface area contributed by atoms with E-state index in [4.69, 9.17) is 9.47 Å². The smallest absolute Gasteiger partial charge is 0.110 e. The Labute approximate surface area is 112 Å². The van der Waals surface area contributed by atoms with E-state index in [-0.39, 0.29) is 11.2 Å². The van der Waals surface area contributed by atoms with Gasteiger partial charge in [-0.25, -0.2) is 0 Å². The van der Waals surface area contributed by atoms with Crippen LogP contribution >= 0.6 is 23.5 Å². The van der Waals surface area contributed by atoms with Gasteiger partial charge in [-0.2, -0.15) is 0 Å². The summed E-state index contributed by atoms with van der Waals surface area (Å²) < 4.78 is 10.0. The zero-order chi connectivity index (χ0) is 13.3. The van der Waals surface area contributed by atoms with E-state index in [1.807, 2.05) is 13.8 Å². The molecule has 4 nitrogen and oxygen atoms in total. The van der Waals surface area contributed by atoms with Crippen LogP contribution < -0.4 is 0 Å². The minimum atomic E-state index is -0.928. The highest BCUT2D eigenvalue weighted by Gasteiger charge is 2.32. The Kier molecular flexibility index (Phi) is 10.8. The van der Waals surface area contributed by atoms with E-state index >= 15 is 0 Å². The molecule has 0 bridgehead atoms. The van der Waals surface area contributed by atoms with Crippen molar-refractivity contribution in [1.82, 2.24) is 0 Å². The van der Waals surface area contributed by atoms with Crippen LogP contribution in [0.2, 0.25) is 0 Å². The predicted octanol–water partition coefficient (Wildman–Crippen LogP) is 1.20. The first-order valence-electron chi connectivity index (χ1n) is 5.73. The van der Waals surface area contributed by atoms with Gasteiger partial charge in [0.1, 0.15) is 18.3 Å². The topological polar surface area (TPSA) is 58.9 Å². The quantitative estimate of drug-likeness (QED) is 0.588. The molecule has 6 heteroatoms. The predicted molar refractivity (Wildman–Crippen MR) is 74.7 cm³/mol. The lowest BCUT2D eigenvalue weighted by Gasteiger charge is -2.29. The summed E-state index contributed by atoms with van der Waals surface area (Å²) in [5.41, 5.74) is 0. The molecule has 0 spiro atoms. The maximum atomic E-state index is 10.1. The molecular weight excluding hydrogens is 260 g/mol. The Morgan fingerprint density at radius 2 is 1.53 bits per heavy atom. The fraction of sp³-hybridized carbons (Fsp3) is 1.00. The summed E-state index contributed by atoms with van der Waals surface area (Å²) in [6.07, 6.45) is -2.24. The Morgan fingerprint density at radius 3 is 1.88 bits per heavy atom. The summed E-state index contributed by atoms with van der Waals surface area (Å²) in [6.45, 7) is 4.35. The molecule has 2 N–H and O–H groups in total. The van der Waals surface area contributed by atoms with Crippen molar-refractivity contribution in [2.45, 2.75) is 36.7 Å². The Morgan fingerprint density at radius 1 is 1.00 bits per heavy atom. The molecule has 0 aromatic rings. The third kappa shape index (κ3) is 6.31. The second-order valence-electron chi connectivity index (χ2n) is 3.49. The molecule has 0 saturated heterocycles. The van der Waals surface area contributed by atoms with Gasteiger partial charge < -0.3 is 19.7 Å². The zero-order valence-corrected chi connectivity index (χ0v) is 12.6. The van der Waals surface area contributed by atoms with Crippen molar-refractivity contribution in [3.63, 3.8) is 0 Å². The van der Waals surface area contributed by atoms with E-state index in [9.17, 15) is 10.2 Å². The van der Waals surface area contributed by atoms with E-state index in [1.165, 1.54) is 7.11 Å². The Balaban J connectivity index is 4.43. The first-order chi connectivity index (χ1) is 8.12. The van der Waals surface area contributed by atoms with Gasteiger partial charge in [-0.3, -0.25) is 0 Å². The molecule has 0 aliphatic rings. The minimum Gasteiger partial charge on any atom is -0.388 e. The monoisotopic (exact) mass is 284 g/mol. The van der Waals surface area contributed by atoms with Crippen LogP contribution in [0.15, 0.2) is 0 Å². The van der Waals surface area contributed by atoms with Crippen LogP contribution in [0.25, 0.3) is 0 Å². The highest BCUT2D eigenvalue weighted by atomic mass is 32.2. The van der Waals surface area contributed by atoms with Gasteiger partial charge in [0.2, 0.25) is 0 Å². The molecule has 0 fully saturated rings. The van der Waals surface area contributed by atoms with Gasteiger partial charge in [-0.05, 0) is 11.5 Å². The van der Waals surface area contributed by atoms with Crippen LogP contribution in [0.5, 0.6) is 0 Å². The average molecular weight is 284 g/mol. The van der Waals surface area contributed by atoms with Crippen LogP contribution in [0.4, 0.5) is 0 Å². The lowest BCUT2D eigenvalue weighted by molar-refractivity contribution is -0.0935. The molecule has 104 valence electrons. The standard InChI is InChI=1S/C11H24O4S2/c1-5-16-11(17-6-2)10(13)9(12)8(15-4)7-14-3/h8-13H,5-7H2,1-4H3/t8-,9+,10-/m1/s1. The summed E-state index contributed by atoms with van der Waals surface area (Å²) in [5.74, 6) is 1.81. The lowest BCUT2D eigenvalue weighted by atomic mass is 10.1. The van der Waals surface area contributed by atoms with E-state index in [0.29, 0.717) is 0 Å². The largest absolute Gasteiger partial charge is 0.388 e. The van der Waals surface area contributed by atoms with Crippen LogP contribution in [0.1, 0.15) is 13.8 Å². The van der Waals surface area contributed by atoms with Gasteiger partial charge in [0.15, 0.2) is 0 Å². The van der Waals surface area contributed by atoms with Crippen molar-refractivity contribution in [2.24, 2.45) is 0 Å². The van der Waals surface area contributed by atoms with Crippen LogP contribution in [-0.4, -0.2) is 65.4 Å². The van der Waals surface area contributed by atoms with E-state index in [1.54, 1.807) is 30.6 Å². The van der Waals surface area contributed by atoms with Crippen molar-refractivity contribution in [1.29, 1.82) is 0 Å². The second kappa shape index (κ2) is 10.5. The fourth-order valence-corrected chi connectivity index (χ4v) is 4.00. The Bertz CT molecular complexity index is 177. The molecule has 0 unspecified atom stereocenters. The molecule has 0 aliphatic carbocycles. The third-order valence-electron chi connectivity index (χ3n) is 2.31. The zero-order valence-electron chi connectivity index (χ0n) is 11.0. The molecule has 0 aliphatic heterocycles. The van der Waals surface area contributed by atoms with Gasteiger partial charge in [-0.15, -0.1) is 23.5 Å². The summed E-state index contributed by atoms with van der Waals surface area (Å²) in [4.78, 5) is 0. The summed E-state index contributed by atoms with van der Waals surface area (Å²) in [5, 5.41) is 20.2. The maximum absolute atomic E-state index is 10.1. The summed E-state index contributed by atoms with van der Waals surface area (Å²) >= 11 is 3.28.